The van der Waals surface area contributed by atoms with Crippen molar-refractivity contribution in [2.24, 2.45) is 0 Å². The number of nitro benzene ring substituents is 1. The molecule has 0 radical (unpaired) electrons. The summed E-state index contributed by atoms with van der Waals surface area (Å²) in [6.07, 6.45) is 0.423. The van der Waals surface area contributed by atoms with Crippen molar-refractivity contribution in [2.75, 3.05) is 10.7 Å². The van der Waals surface area contributed by atoms with E-state index >= 15 is 0 Å². The number of ether oxygens (including phenoxy) is 1. The second kappa shape index (κ2) is 9.20. The Morgan fingerprint density at radius 1 is 1.32 bits per heavy atom. The van der Waals surface area contributed by atoms with Gasteiger partial charge in [-0.05, 0) is 70.6 Å². The minimum atomic E-state index is -0.433. The van der Waals surface area contributed by atoms with Gasteiger partial charge in [0.2, 0.25) is 0 Å². The van der Waals surface area contributed by atoms with Gasteiger partial charge in [-0.3, -0.25) is 20.7 Å². The summed E-state index contributed by atoms with van der Waals surface area (Å²) in [6.45, 7) is 1.92. The van der Waals surface area contributed by atoms with Gasteiger partial charge in [0.25, 0.3) is 10.9 Å². The average molecular weight is 475 g/mol. The lowest BCUT2D eigenvalue weighted by Crippen LogP contribution is -2.20. The zero-order valence-electron chi connectivity index (χ0n) is 16.3. The Morgan fingerprint density at radius 3 is 2.77 bits per heavy atom. The van der Waals surface area contributed by atoms with Gasteiger partial charge in [-0.25, -0.2) is 0 Å². The Morgan fingerprint density at radius 2 is 2.10 bits per heavy atom. The van der Waals surface area contributed by atoms with Gasteiger partial charge in [0.1, 0.15) is 6.10 Å². The highest BCUT2D eigenvalue weighted by Gasteiger charge is 2.22. The number of hydrogen-bond acceptors (Lipinski definition) is 9. The smallest absolute Gasteiger partial charge is 0.269 e. The molecule has 1 aromatic heterocycles. The summed E-state index contributed by atoms with van der Waals surface area (Å²) >= 11 is 7.94. The highest BCUT2D eigenvalue weighted by molar-refractivity contribution is 7.98. The predicted octanol–water partition coefficient (Wildman–Crippen LogP) is 5.71. The summed E-state index contributed by atoms with van der Waals surface area (Å²) in [5.74, 6) is 0. The fraction of sp³-hybridized carbons (Fsp3) is 0.150. The van der Waals surface area contributed by atoms with Gasteiger partial charge in [-0.2, -0.15) is 0 Å². The highest BCUT2D eigenvalue weighted by atomic mass is 32.2. The molecule has 1 atom stereocenters. The summed E-state index contributed by atoms with van der Waals surface area (Å²) in [5, 5.41) is 26.7. The van der Waals surface area contributed by atoms with Gasteiger partial charge in [-0.15, -0.1) is 11.3 Å². The fourth-order valence-corrected chi connectivity index (χ4v) is 4.95. The molecule has 0 spiro atoms. The van der Waals surface area contributed by atoms with Crippen LogP contribution >= 0.6 is 35.5 Å². The Bertz CT molecular complexity index is 1110. The van der Waals surface area contributed by atoms with Gasteiger partial charge in [-0.1, -0.05) is 6.07 Å². The maximum Gasteiger partial charge on any atom is 0.269 e. The fourth-order valence-electron chi connectivity index (χ4n) is 3.22. The lowest BCUT2D eigenvalue weighted by Gasteiger charge is -2.21. The molecule has 0 saturated heterocycles. The van der Waals surface area contributed by atoms with Crippen molar-refractivity contribution in [1.82, 2.24) is 4.58 Å². The summed E-state index contributed by atoms with van der Waals surface area (Å²) in [4.78, 5) is 10.5. The molecule has 0 saturated carbocycles. The van der Waals surface area contributed by atoms with Crippen molar-refractivity contribution in [1.29, 1.82) is 0 Å². The molecule has 1 unspecified atom stereocenters. The van der Waals surface area contributed by atoms with E-state index < -0.39 is 4.92 Å². The third-order valence-corrected chi connectivity index (χ3v) is 6.54. The standard InChI is InChI=1S/C20H18N4O4S3/c1-12-9-16-17(21-20(29)28-12)10-14(13-4-6-15(7-5-13)23(25)26)11-18(16)22-24(27)31-19-3-2-8-30-19/h2-8,10-12,22,27H,9H2,1H3,(H,21,29). The topological polar surface area (TPSA) is 99.9 Å². The molecule has 2 heterocycles. The van der Waals surface area contributed by atoms with Crippen molar-refractivity contribution in [3.05, 3.63) is 69.6 Å². The van der Waals surface area contributed by atoms with Crippen LogP contribution in [-0.2, 0) is 11.2 Å². The van der Waals surface area contributed by atoms with Gasteiger partial charge < -0.3 is 10.1 Å². The summed E-state index contributed by atoms with van der Waals surface area (Å²) in [7, 11) is 0. The molecule has 0 amide bonds. The minimum Gasteiger partial charge on any atom is -0.467 e. The monoisotopic (exact) mass is 474 g/mol. The van der Waals surface area contributed by atoms with Gasteiger partial charge in [0.05, 0.1) is 14.8 Å². The van der Waals surface area contributed by atoms with E-state index in [-0.39, 0.29) is 17.0 Å². The summed E-state index contributed by atoms with van der Waals surface area (Å²) in [6, 6.07) is 13.9. The van der Waals surface area contributed by atoms with Crippen molar-refractivity contribution in [3.8, 4) is 11.1 Å². The van der Waals surface area contributed by atoms with E-state index in [1.165, 1.54) is 23.5 Å². The number of non-ortho nitro benzene ring substituents is 1. The number of nitro groups is 1. The molecule has 31 heavy (non-hydrogen) atoms. The molecular formula is C20H18N4O4S3. The van der Waals surface area contributed by atoms with E-state index in [4.69, 9.17) is 17.0 Å². The normalized spacial score (nSPS) is 15.6. The molecule has 2 aromatic carbocycles. The molecular weight excluding hydrogens is 456 g/mol. The van der Waals surface area contributed by atoms with Gasteiger partial charge >= 0.3 is 0 Å². The van der Waals surface area contributed by atoms with E-state index in [2.05, 4.69) is 10.7 Å². The summed E-state index contributed by atoms with van der Waals surface area (Å²) < 4.78 is 7.54. The number of fused-ring (bicyclic) bond motifs is 1. The second-order valence-electron chi connectivity index (χ2n) is 6.81. The van der Waals surface area contributed by atoms with Crippen LogP contribution in [0.3, 0.4) is 0 Å². The van der Waals surface area contributed by atoms with E-state index in [1.807, 2.05) is 36.6 Å². The van der Waals surface area contributed by atoms with Crippen LogP contribution in [0.1, 0.15) is 12.5 Å². The molecule has 160 valence electrons. The van der Waals surface area contributed by atoms with Crippen LogP contribution in [0.25, 0.3) is 11.1 Å². The number of rotatable bonds is 6. The first-order valence-corrected chi connectivity index (χ1v) is 11.3. The van der Waals surface area contributed by atoms with Crippen LogP contribution in [0.5, 0.6) is 0 Å². The van der Waals surface area contributed by atoms with Crippen LogP contribution < -0.4 is 10.7 Å². The number of nitrogens with zero attached hydrogens (tertiary/aromatic N) is 2. The predicted molar refractivity (Wildman–Crippen MR) is 126 cm³/mol. The molecule has 11 heteroatoms. The first-order valence-electron chi connectivity index (χ1n) is 9.25. The maximum atomic E-state index is 11.0. The minimum absolute atomic E-state index is 0.0206. The second-order valence-corrected chi connectivity index (χ2v) is 9.35. The number of hydrogen-bond donors (Lipinski definition) is 3. The number of thiocarbonyl (C=S) groups is 1. The Labute approximate surface area is 192 Å². The Balaban J connectivity index is 1.72. The zero-order valence-corrected chi connectivity index (χ0v) is 18.7. The first kappa shape index (κ1) is 21.5. The quantitative estimate of drug-likeness (QED) is 0.180. The largest absolute Gasteiger partial charge is 0.467 e. The molecule has 1 aliphatic rings. The van der Waals surface area contributed by atoms with E-state index in [1.54, 1.807) is 12.1 Å². The van der Waals surface area contributed by atoms with Crippen molar-refractivity contribution in [2.45, 2.75) is 23.7 Å². The number of benzene rings is 2. The van der Waals surface area contributed by atoms with Crippen LogP contribution in [0, 0.1) is 10.1 Å². The van der Waals surface area contributed by atoms with Crippen molar-refractivity contribution in [3.63, 3.8) is 0 Å². The highest BCUT2D eigenvalue weighted by Crippen LogP contribution is 2.37. The zero-order chi connectivity index (χ0) is 22.0. The molecule has 4 rings (SSSR count). The van der Waals surface area contributed by atoms with Gasteiger partial charge in [0, 0.05) is 41.8 Å². The third-order valence-electron chi connectivity index (χ3n) is 4.59. The molecule has 0 bridgehead atoms. The summed E-state index contributed by atoms with van der Waals surface area (Å²) in [5.41, 5.74) is 6.96. The third kappa shape index (κ3) is 5.14. The first-order chi connectivity index (χ1) is 14.9. The molecule has 0 aliphatic carbocycles. The van der Waals surface area contributed by atoms with Crippen LogP contribution in [0.4, 0.5) is 17.1 Å². The molecule has 8 nitrogen and oxygen atoms in total. The van der Waals surface area contributed by atoms with Crippen molar-refractivity contribution < 1.29 is 14.9 Å². The SMILES string of the molecule is CC1Cc2c(cc(-c3ccc([N+](=O)[O-])cc3)cc2NN(O)Sc2cccs2)NC(=S)O1. The maximum absolute atomic E-state index is 11.0. The van der Waals surface area contributed by atoms with Crippen LogP contribution in [-0.4, -0.2) is 26.0 Å². The lowest BCUT2D eigenvalue weighted by atomic mass is 9.97. The van der Waals surface area contributed by atoms with Gasteiger partial charge in [0.15, 0.2) is 0 Å². The number of nitrogens with one attached hydrogen (secondary N) is 2. The Hall–Kier alpha value is -2.70. The average Bonchev–Trinajstić information content (AvgIpc) is 3.17. The molecule has 3 aromatic rings. The molecule has 1 aliphatic heterocycles. The van der Waals surface area contributed by atoms with E-state index in [9.17, 15) is 15.3 Å². The lowest BCUT2D eigenvalue weighted by molar-refractivity contribution is -0.384. The molecule has 0 fully saturated rings. The molecule has 3 N–H and O–H groups in total. The van der Waals surface area contributed by atoms with Crippen molar-refractivity contribution >= 4 is 57.7 Å². The van der Waals surface area contributed by atoms with E-state index in [0.717, 1.165) is 43.1 Å². The number of thiophene rings is 1. The number of hydrazine groups is 1. The Kier molecular flexibility index (Phi) is 6.39. The van der Waals surface area contributed by atoms with Crippen LogP contribution in [0.15, 0.2) is 58.1 Å². The van der Waals surface area contributed by atoms with Crippen LogP contribution in [0.2, 0.25) is 0 Å². The van der Waals surface area contributed by atoms with E-state index in [0.29, 0.717) is 12.1 Å². The number of anilines is 2.